The maximum Gasteiger partial charge on any atom is 0.130 e. The first-order valence-electron chi connectivity index (χ1n) is 10.3. The summed E-state index contributed by atoms with van der Waals surface area (Å²) in [6, 6.07) is 25.0. The van der Waals surface area contributed by atoms with Gasteiger partial charge < -0.3 is 14.6 Å². The van der Waals surface area contributed by atoms with E-state index in [0.29, 0.717) is 12.6 Å². The number of nitrogens with one attached hydrogen (secondary N) is 1. The van der Waals surface area contributed by atoms with Gasteiger partial charge in [-0.15, -0.1) is 0 Å². The van der Waals surface area contributed by atoms with Crippen LogP contribution in [-0.4, -0.2) is 27.6 Å². The average Bonchev–Trinajstić information content (AvgIpc) is 3.49. The van der Waals surface area contributed by atoms with Gasteiger partial charge in [-0.05, 0) is 49.4 Å². The van der Waals surface area contributed by atoms with Crippen molar-refractivity contribution in [3.05, 3.63) is 91.0 Å². The Morgan fingerprint density at radius 2 is 1.73 bits per heavy atom. The standard InChI is InChI=1S/C25H24N4O/c1-2-6-19(7-3-1)24-25(29(18-28-24)22-13-15-26-16-22)20-9-11-23(12-10-20)30-17-21-8-4-5-14-27-21/h1-12,14,18,22,26H,13,15-17H2/t22-/m1/s1. The van der Waals surface area contributed by atoms with Gasteiger partial charge in [-0.1, -0.05) is 36.4 Å². The first kappa shape index (κ1) is 18.6. The van der Waals surface area contributed by atoms with Crippen molar-refractivity contribution in [1.29, 1.82) is 0 Å². The van der Waals surface area contributed by atoms with Gasteiger partial charge in [0.25, 0.3) is 0 Å². The summed E-state index contributed by atoms with van der Waals surface area (Å²) >= 11 is 0. The minimum Gasteiger partial charge on any atom is -0.487 e. The Labute approximate surface area is 176 Å². The summed E-state index contributed by atoms with van der Waals surface area (Å²) < 4.78 is 8.24. The molecule has 1 aliphatic heterocycles. The molecule has 5 nitrogen and oxygen atoms in total. The molecule has 0 saturated carbocycles. The van der Waals surface area contributed by atoms with Crippen molar-refractivity contribution in [3.63, 3.8) is 0 Å². The second kappa shape index (κ2) is 8.51. The highest BCUT2D eigenvalue weighted by atomic mass is 16.5. The molecule has 0 spiro atoms. The fourth-order valence-electron chi connectivity index (χ4n) is 3.96. The Balaban J connectivity index is 1.45. The summed E-state index contributed by atoms with van der Waals surface area (Å²) in [4.78, 5) is 9.11. The largest absolute Gasteiger partial charge is 0.487 e. The van der Waals surface area contributed by atoms with Crippen LogP contribution in [0, 0.1) is 0 Å². The lowest BCUT2D eigenvalue weighted by Crippen LogP contribution is -2.13. The topological polar surface area (TPSA) is 52.0 Å². The van der Waals surface area contributed by atoms with Crippen LogP contribution in [-0.2, 0) is 6.61 Å². The molecule has 5 heteroatoms. The summed E-state index contributed by atoms with van der Waals surface area (Å²) in [5.41, 5.74) is 5.37. The zero-order chi connectivity index (χ0) is 20.2. The number of benzene rings is 2. The molecule has 4 aromatic rings. The van der Waals surface area contributed by atoms with E-state index >= 15 is 0 Å². The molecular weight excluding hydrogens is 372 g/mol. The Hall–Kier alpha value is -3.44. The maximum absolute atomic E-state index is 5.91. The molecule has 5 rings (SSSR count). The van der Waals surface area contributed by atoms with Gasteiger partial charge in [-0.2, -0.15) is 0 Å². The van der Waals surface area contributed by atoms with Crippen molar-refractivity contribution < 1.29 is 4.74 Å². The molecule has 0 amide bonds. The van der Waals surface area contributed by atoms with Crippen molar-refractivity contribution in [1.82, 2.24) is 19.9 Å². The van der Waals surface area contributed by atoms with Crippen LogP contribution in [0.5, 0.6) is 5.75 Å². The summed E-state index contributed by atoms with van der Waals surface area (Å²) in [6.45, 7) is 2.48. The fraction of sp³-hybridized carbons (Fsp3) is 0.200. The van der Waals surface area contributed by atoms with Crippen LogP contribution in [0.1, 0.15) is 18.2 Å². The number of hydrogen-bond donors (Lipinski definition) is 1. The molecule has 1 fully saturated rings. The molecule has 0 radical (unpaired) electrons. The van der Waals surface area contributed by atoms with Crippen molar-refractivity contribution in [3.8, 4) is 28.3 Å². The lowest BCUT2D eigenvalue weighted by molar-refractivity contribution is 0.301. The van der Waals surface area contributed by atoms with Crippen molar-refractivity contribution in [2.75, 3.05) is 13.1 Å². The third kappa shape index (κ3) is 3.84. The quantitative estimate of drug-likeness (QED) is 0.512. The third-order valence-electron chi connectivity index (χ3n) is 5.51. The number of pyridine rings is 1. The lowest BCUT2D eigenvalue weighted by Gasteiger charge is -2.16. The smallest absolute Gasteiger partial charge is 0.130 e. The molecule has 1 N–H and O–H groups in total. The second-order valence-corrected chi connectivity index (χ2v) is 7.50. The first-order valence-corrected chi connectivity index (χ1v) is 10.3. The maximum atomic E-state index is 5.91. The van der Waals surface area contributed by atoms with E-state index in [1.165, 1.54) is 0 Å². The van der Waals surface area contributed by atoms with Crippen molar-refractivity contribution in [2.45, 2.75) is 19.1 Å². The van der Waals surface area contributed by atoms with E-state index in [-0.39, 0.29) is 0 Å². The number of hydrogen-bond acceptors (Lipinski definition) is 4. The van der Waals surface area contributed by atoms with E-state index in [1.54, 1.807) is 6.20 Å². The van der Waals surface area contributed by atoms with Crippen LogP contribution in [0.4, 0.5) is 0 Å². The van der Waals surface area contributed by atoms with E-state index in [4.69, 9.17) is 9.72 Å². The fourth-order valence-corrected chi connectivity index (χ4v) is 3.96. The van der Waals surface area contributed by atoms with E-state index in [9.17, 15) is 0 Å². The zero-order valence-electron chi connectivity index (χ0n) is 16.7. The van der Waals surface area contributed by atoms with E-state index in [2.05, 4.69) is 51.3 Å². The van der Waals surface area contributed by atoms with Crippen LogP contribution < -0.4 is 10.1 Å². The molecule has 150 valence electrons. The summed E-state index contributed by atoms with van der Waals surface area (Å²) in [7, 11) is 0. The number of nitrogens with zero attached hydrogens (tertiary/aromatic N) is 3. The number of ether oxygens (including phenoxy) is 1. The van der Waals surface area contributed by atoms with Crippen LogP contribution in [0.15, 0.2) is 85.3 Å². The zero-order valence-corrected chi connectivity index (χ0v) is 16.7. The van der Waals surface area contributed by atoms with E-state index in [1.807, 2.05) is 42.7 Å². The predicted octanol–water partition coefficient (Wildman–Crippen LogP) is 4.73. The van der Waals surface area contributed by atoms with E-state index in [0.717, 1.165) is 53.5 Å². The first-order chi connectivity index (χ1) is 14.9. The highest BCUT2D eigenvalue weighted by Gasteiger charge is 2.23. The Morgan fingerprint density at radius 3 is 2.47 bits per heavy atom. The minimum absolute atomic E-state index is 0.421. The van der Waals surface area contributed by atoms with Crippen LogP contribution >= 0.6 is 0 Å². The average molecular weight is 396 g/mol. The predicted molar refractivity (Wildman–Crippen MR) is 118 cm³/mol. The molecule has 1 aliphatic rings. The lowest BCUT2D eigenvalue weighted by atomic mass is 10.0. The molecule has 0 aliphatic carbocycles. The van der Waals surface area contributed by atoms with Gasteiger partial charge in [0, 0.05) is 29.9 Å². The van der Waals surface area contributed by atoms with Crippen molar-refractivity contribution in [2.24, 2.45) is 0 Å². The van der Waals surface area contributed by atoms with Gasteiger partial charge in [0.05, 0.1) is 23.4 Å². The molecule has 1 atom stereocenters. The van der Waals surface area contributed by atoms with Crippen LogP contribution in [0.2, 0.25) is 0 Å². The molecule has 1 saturated heterocycles. The summed E-state index contributed by atoms with van der Waals surface area (Å²) in [5, 5.41) is 3.47. The Bertz CT molecular complexity index is 1090. The normalized spacial score (nSPS) is 15.9. The van der Waals surface area contributed by atoms with Gasteiger partial charge in [0.2, 0.25) is 0 Å². The number of aromatic nitrogens is 3. The monoisotopic (exact) mass is 396 g/mol. The van der Waals surface area contributed by atoms with Crippen molar-refractivity contribution >= 4 is 0 Å². The highest BCUT2D eigenvalue weighted by molar-refractivity contribution is 5.79. The summed E-state index contributed by atoms with van der Waals surface area (Å²) in [6.07, 6.45) is 4.88. The third-order valence-corrected chi connectivity index (χ3v) is 5.51. The van der Waals surface area contributed by atoms with Gasteiger partial charge in [0.15, 0.2) is 0 Å². The molecule has 30 heavy (non-hydrogen) atoms. The summed E-state index contributed by atoms with van der Waals surface area (Å²) in [5.74, 6) is 0.833. The second-order valence-electron chi connectivity index (χ2n) is 7.50. The minimum atomic E-state index is 0.421. The SMILES string of the molecule is c1ccc(-c2ncn([C@@H]3CCNC3)c2-c2ccc(OCc3ccccn3)cc2)cc1. The Morgan fingerprint density at radius 1 is 0.900 bits per heavy atom. The Kier molecular flexibility index (Phi) is 5.27. The van der Waals surface area contributed by atoms with Crippen LogP contribution in [0.25, 0.3) is 22.5 Å². The molecule has 2 aromatic carbocycles. The highest BCUT2D eigenvalue weighted by Crippen LogP contribution is 2.35. The molecule has 3 heterocycles. The van der Waals surface area contributed by atoms with Crippen LogP contribution in [0.3, 0.4) is 0 Å². The molecule has 0 bridgehead atoms. The van der Waals surface area contributed by atoms with Gasteiger partial charge >= 0.3 is 0 Å². The number of imidazole rings is 1. The number of rotatable bonds is 6. The van der Waals surface area contributed by atoms with E-state index < -0.39 is 0 Å². The molecule has 0 unspecified atom stereocenters. The molecule has 2 aromatic heterocycles. The van der Waals surface area contributed by atoms with Gasteiger partial charge in [0.1, 0.15) is 12.4 Å². The molecular formula is C25H24N4O. The van der Waals surface area contributed by atoms with Gasteiger partial charge in [-0.3, -0.25) is 4.98 Å². The van der Waals surface area contributed by atoms with Gasteiger partial charge in [-0.25, -0.2) is 4.98 Å².